The average molecular weight is 618 g/mol. The first kappa shape index (κ1) is 27.1. The Labute approximate surface area is 248 Å². The van der Waals surface area contributed by atoms with Gasteiger partial charge in [0.25, 0.3) is 0 Å². The number of rotatable bonds is 7. The fourth-order valence-electron chi connectivity index (χ4n) is 6.60. The zero-order valence-electron chi connectivity index (χ0n) is 21.8. The van der Waals surface area contributed by atoms with Gasteiger partial charge in [0.2, 0.25) is 0 Å². The number of ether oxygens (including phenoxy) is 1. The highest BCUT2D eigenvalue weighted by Gasteiger charge is 2.56. The second kappa shape index (κ2) is 10.2. The summed E-state index contributed by atoms with van der Waals surface area (Å²) in [5.41, 5.74) is 7.08. The van der Waals surface area contributed by atoms with Crippen LogP contribution >= 0.6 is 34.5 Å². The molecule has 0 aliphatic heterocycles. The number of halogens is 3. The van der Waals surface area contributed by atoms with Crippen molar-refractivity contribution >= 4 is 50.6 Å². The van der Waals surface area contributed by atoms with Gasteiger partial charge in [-0.1, -0.05) is 39.6 Å². The number of fused-ring (bicyclic) bond motifs is 3. The van der Waals surface area contributed by atoms with Crippen molar-refractivity contribution in [3.8, 4) is 11.3 Å². The maximum atomic E-state index is 14.9. The molecule has 2 heterocycles. The van der Waals surface area contributed by atoms with Gasteiger partial charge in [0, 0.05) is 22.6 Å². The number of amidine groups is 1. The molecule has 12 heteroatoms. The van der Waals surface area contributed by atoms with Crippen LogP contribution in [0.4, 0.5) is 4.39 Å². The van der Waals surface area contributed by atoms with Crippen LogP contribution in [0.1, 0.15) is 66.3 Å². The minimum absolute atomic E-state index is 0.0809. The summed E-state index contributed by atoms with van der Waals surface area (Å²) in [7, 11) is 0. The van der Waals surface area contributed by atoms with Crippen LogP contribution in [-0.2, 0) is 16.9 Å². The molecular weight excluding hydrogens is 590 g/mol. The molecule has 0 spiro atoms. The van der Waals surface area contributed by atoms with Gasteiger partial charge >= 0.3 is 0 Å². The second-order valence-corrected chi connectivity index (χ2v) is 13.1. The summed E-state index contributed by atoms with van der Waals surface area (Å²) in [6, 6.07) is 8.18. The number of hydrogen-bond acceptors (Lipinski definition) is 8. The van der Waals surface area contributed by atoms with Crippen LogP contribution in [0.15, 0.2) is 40.0 Å². The lowest BCUT2D eigenvalue weighted by Crippen LogP contribution is -2.44. The Morgan fingerprint density at radius 1 is 1.17 bits per heavy atom. The highest BCUT2D eigenvalue weighted by molar-refractivity contribution is 7.18. The third-order valence-corrected chi connectivity index (χ3v) is 10.6. The zero-order valence-corrected chi connectivity index (χ0v) is 24.1. The van der Waals surface area contributed by atoms with Gasteiger partial charge in [-0.25, -0.2) is 9.37 Å². The maximum absolute atomic E-state index is 14.9. The van der Waals surface area contributed by atoms with Crippen molar-refractivity contribution in [2.24, 2.45) is 22.7 Å². The molecule has 2 aromatic heterocycles. The van der Waals surface area contributed by atoms with Crippen LogP contribution in [0.25, 0.3) is 21.5 Å². The number of oxime groups is 1. The van der Waals surface area contributed by atoms with E-state index in [2.05, 4.69) is 15.3 Å². The summed E-state index contributed by atoms with van der Waals surface area (Å²) in [5, 5.41) is 29.9. The second-order valence-electron chi connectivity index (χ2n) is 11.3. The zero-order chi connectivity index (χ0) is 28.5. The molecule has 7 rings (SSSR count). The molecule has 2 bridgehead atoms. The van der Waals surface area contributed by atoms with E-state index in [-0.39, 0.29) is 34.9 Å². The Bertz CT molecular complexity index is 1650. The number of nitrogens with two attached hydrogens (primary N) is 1. The van der Waals surface area contributed by atoms with Gasteiger partial charge < -0.3 is 25.3 Å². The van der Waals surface area contributed by atoms with E-state index in [4.69, 9.17) is 43.4 Å². The number of thiazole rings is 1. The Balaban J connectivity index is 1.13. The molecule has 3 aliphatic rings. The van der Waals surface area contributed by atoms with Crippen LogP contribution in [0, 0.1) is 17.7 Å². The first-order valence-electron chi connectivity index (χ1n) is 13.6. The minimum atomic E-state index is -1.17. The molecule has 4 aromatic rings. The average Bonchev–Trinajstić information content (AvgIpc) is 3.53. The predicted octanol–water partition coefficient (Wildman–Crippen LogP) is 6.96. The molecule has 4 atom stereocenters. The summed E-state index contributed by atoms with van der Waals surface area (Å²) in [5.74, 6) is 0.225. The van der Waals surface area contributed by atoms with Gasteiger partial charge in [-0.3, -0.25) is 0 Å². The van der Waals surface area contributed by atoms with Crippen LogP contribution in [0.5, 0.6) is 0 Å². The molecule has 0 saturated heterocycles. The van der Waals surface area contributed by atoms with Crippen molar-refractivity contribution in [3.05, 3.63) is 68.1 Å². The number of hydrogen-bond donors (Lipinski definition) is 3. The monoisotopic (exact) mass is 616 g/mol. The number of benzene rings is 2. The summed E-state index contributed by atoms with van der Waals surface area (Å²) in [4.78, 5) is 4.55. The first-order valence-corrected chi connectivity index (χ1v) is 15.2. The lowest BCUT2D eigenvalue weighted by atomic mass is 9.73. The Morgan fingerprint density at radius 2 is 1.88 bits per heavy atom. The highest BCUT2D eigenvalue weighted by Crippen LogP contribution is 2.57. The van der Waals surface area contributed by atoms with E-state index >= 15 is 0 Å². The third-order valence-electron chi connectivity index (χ3n) is 8.83. The van der Waals surface area contributed by atoms with E-state index in [0.29, 0.717) is 56.4 Å². The Morgan fingerprint density at radius 3 is 2.54 bits per heavy atom. The topological polar surface area (TPSA) is 127 Å². The normalized spacial score (nSPS) is 26.2. The molecule has 4 N–H and O–H groups in total. The standard InChI is InChI=1S/C29H27Cl2FN4O4S/c30-19-2-1-3-20(31)23(19)24-18(26(40-36-24)13-4-5-13)12-39-17-10-15-6-7-16(11-17)29(15,37)28-34-25-21(32)8-14(27(33)35-38)9-22(25)41-28/h1-3,8-9,13,15-17,37-38H,4-7,10-12H2,(H2,33,35)/t15-,16+,17?,29?. The van der Waals surface area contributed by atoms with Crippen molar-refractivity contribution in [3.63, 3.8) is 0 Å². The van der Waals surface area contributed by atoms with E-state index in [0.717, 1.165) is 37.0 Å². The summed E-state index contributed by atoms with van der Waals surface area (Å²) in [6.07, 6.45) is 4.96. The Hall–Kier alpha value is -2.76. The van der Waals surface area contributed by atoms with Crippen LogP contribution in [0.3, 0.4) is 0 Å². The molecular formula is C29H27Cl2FN4O4S. The largest absolute Gasteiger partial charge is 0.409 e. The van der Waals surface area contributed by atoms with Crippen molar-refractivity contribution in [2.45, 2.75) is 62.8 Å². The summed E-state index contributed by atoms with van der Waals surface area (Å²) >= 11 is 14.3. The fraction of sp³-hybridized carbons (Fsp3) is 0.414. The molecule has 0 radical (unpaired) electrons. The molecule has 2 unspecified atom stereocenters. The van der Waals surface area contributed by atoms with Crippen molar-refractivity contribution in [2.75, 3.05) is 0 Å². The van der Waals surface area contributed by atoms with Crippen molar-refractivity contribution in [1.29, 1.82) is 0 Å². The van der Waals surface area contributed by atoms with E-state index < -0.39 is 11.4 Å². The quantitative estimate of drug-likeness (QED) is 0.0886. The molecule has 0 amide bonds. The Kier molecular flexibility index (Phi) is 6.74. The molecule has 8 nitrogen and oxygen atoms in total. The lowest BCUT2D eigenvalue weighted by Gasteiger charge is -2.41. The molecule has 3 saturated carbocycles. The third kappa shape index (κ3) is 4.51. The summed E-state index contributed by atoms with van der Waals surface area (Å²) in [6.45, 7) is 0.303. The van der Waals surface area contributed by atoms with E-state index in [9.17, 15) is 9.50 Å². The first-order chi connectivity index (χ1) is 19.8. The van der Waals surface area contributed by atoms with Crippen LogP contribution < -0.4 is 5.73 Å². The van der Waals surface area contributed by atoms with Gasteiger partial charge in [0.05, 0.1) is 27.5 Å². The lowest BCUT2D eigenvalue weighted by molar-refractivity contribution is -0.116. The molecule has 41 heavy (non-hydrogen) atoms. The van der Waals surface area contributed by atoms with Crippen LogP contribution in [-0.4, -0.2) is 32.4 Å². The number of aromatic nitrogens is 2. The van der Waals surface area contributed by atoms with Gasteiger partial charge in [-0.05, 0) is 74.6 Å². The fourth-order valence-corrected chi connectivity index (χ4v) is 8.45. The van der Waals surface area contributed by atoms with Crippen molar-refractivity contribution in [1.82, 2.24) is 10.1 Å². The predicted molar refractivity (Wildman–Crippen MR) is 154 cm³/mol. The SMILES string of the molecule is NC(=NO)c1cc(F)c2nc(C3(O)[C@@H]4CC[C@H]3CC(OCc3c(-c5c(Cl)cccc5Cl)noc3C3CC3)C4)sc2c1. The van der Waals surface area contributed by atoms with Gasteiger partial charge in [0.1, 0.15) is 27.6 Å². The van der Waals surface area contributed by atoms with Crippen molar-refractivity contribution < 1.29 is 24.0 Å². The molecule has 3 aliphatic carbocycles. The van der Waals surface area contributed by atoms with Gasteiger partial charge in [0.15, 0.2) is 11.7 Å². The van der Waals surface area contributed by atoms with Gasteiger partial charge in [-0.2, -0.15) is 0 Å². The van der Waals surface area contributed by atoms with Crippen LogP contribution in [0.2, 0.25) is 10.0 Å². The molecule has 3 fully saturated rings. The minimum Gasteiger partial charge on any atom is -0.409 e. The smallest absolute Gasteiger partial charge is 0.170 e. The number of nitrogens with zero attached hydrogens (tertiary/aromatic N) is 3. The molecule has 214 valence electrons. The van der Waals surface area contributed by atoms with E-state index in [1.165, 1.54) is 17.4 Å². The van der Waals surface area contributed by atoms with Gasteiger partial charge in [-0.15, -0.1) is 11.3 Å². The maximum Gasteiger partial charge on any atom is 0.170 e. The van der Waals surface area contributed by atoms with E-state index in [1.807, 2.05) is 0 Å². The number of aliphatic hydroxyl groups is 1. The summed E-state index contributed by atoms with van der Waals surface area (Å²) < 4.78 is 27.7. The van der Waals surface area contributed by atoms with E-state index in [1.54, 1.807) is 24.3 Å². The molecule has 2 aromatic carbocycles. The highest BCUT2D eigenvalue weighted by atomic mass is 35.5.